The van der Waals surface area contributed by atoms with Gasteiger partial charge in [0.1, 0.15) is 0 Å². The number of alkyl halides is 3. The first-order chi connectivity index (χ1) is 11.3. The SMILES string of the molecule is NC1=NC(=O)/C(=C/c2cncc(-c3ccc(C(F)(F)F)cc3)c2)S1. The van der Waals surface area contributed by atoms with Gasteiger partial charge in [0.15, 0.2) is 5.17 Å². The third-order valence-electron chi connectivity index (χ3n) is 3.24. The minimum Gasteiger partial charge on any atom is -0.378 e. The normalized spacial score (nSPS) is 16.5. The van der Waals surface area contributed by atoms with Gasteiger partial charge in [0.25, 0.3) is 5.91 Å². The number of carbonyl (C=O) groups is 1. The number of halogens is 3. The van der Waals surface area contributed by atoms with Gasteiger partial charge in [0, 0.05) is 18.0 Å². The Morgan fingerprint density at radius 1 is 1.08 bits per heavy atom. The average Bonchev–Trinajstić information content (AvgIpc) is 2.84. The van der Waals surface area contributed by atoms with E-state index < -0.39 is 17.6 Å². The van der Waals surface area contributed by atoms with Gasteiger partial charge >= 0.3 is 6.18 Å². The van der Waals surface area contributed by atoms with Crippen LogP contribution in [0.25, 0.3) is 17.2 Å². The van der Waals surface area contributed by atoms with Gasteiger partial charge in [-0.05, 0) is 47.2 Å². The van der Waals surface area contributed by atoms with Crippen LogP contribution in [-0.4, -0.2) is 16.1 Å². The van der Waals surface area contributed by atoms with E-state index in [1.165, 1.54) is 12.1 Å². The smallest absolute Gasteiger partial charge is 0.378 e. The zero-order valence-corrected chi connectivity index (χ0v) is 12.9. The highest BCUT2D eigenvalue weighted by Gasteiger charge is 2.30. The lowest BCUT2D eigenvalue weighted by atomic mass is 10.0. The Morgan fingerprint density at radius 2 is 1.79 bits per heavy atom. The van der Waals surface area contributed by atoms with E-state index in [0.717, 1.165) is 23.9 Å². The molecule has 8 heteroatoms. The van der Waals surface area contributed by atoms with E-state index in [4.69, 9.17) is 5.73 Å². The number of pyridine rings is 1. The lowest BCUT2D eigenvalue weighted by Crippen LogP contribution is -2.04. The number of benzene rings is 1. The molecule has 1 amide bonds. The van der Waals surface area contributed by atoms with Crippen molar-refractivity contribution in [2.24, 2.45) is 10.7 Å². The second-order valence-electron chi connectivity index (χ2n) is 4.95. The molecular weight excluding hydrogens is 339 g/mol. The molecule has 0 saturated carbocycles. The number of hydrogen-bond donors (Lipinski definition) is 1. The Balaban J connectivity index is 1.89. The molecule has 0 fully saturated rings. The minimum atomic E-state index is -4.37. The van der Waals surface area contributed by atoms with Crippen molar-refractivity contribution in [3.05, 3.63) is 58.8 Å². The molecule has 3 rings (SSSR count). The summed E-state index contributed by atoms with van der Waals surface area (Å²) in [6.45, 7) is 0. The fraction of sp³-hybridized carbons (Fsp3) is 0.0625. The van der Waals surface area contributed by atoms with Crippen molar-refractivity contribution in [3.63, 3.8) is 0 Å². The predicted molar refractivity (Wildman–Crippen MR) is 86.9 cm³/mol. The molecule has 122 valence electrons. The van der Waals surface area contributed by atoms with Gasteiger partial charge in [-0.1, -0.05) is 12.1 Å². The van der Waals surface area contributed by atoms with E-state index in [1.807, 2.05) is 0 Å². The zero-order valence-electron chi connectivity index (χ0n) is 12.0. The van der Waals surface area contributed by atoms with Crippen LogP contribution < -0.4 is 5.73 Å². The lowest BCUT2D eigenvalue weighted by Gasteiger charge is -2.08. The molecule has 1 aliphatic heterocycles. The predicted octanol–water partition coefficient (Wildman–Crippen LogP) is 3.70. The summed E-state index contributed by atoms with van der Waals surface area (Å²) in [5.74, 6) is -0.419. The molecule has 2 heterocycles. The Morgan fingerprint density at radius 3 is 2.38 bits per heavy atom. The summed E-state index contributed by atoms with van der Waals surface area (Å²) in [6, 6.07) is 6.53. The molecule has 1 aliphatic rings. The topological polar surface area (TPSA) is 68.3 Å². The summed E-state index contributed by atoms with van der Waals surface area (Å²) in [4.78, 5) is 19.6. The molecule has 2 aromatic rings. The molecule has 4 nitrogen and oxygen atoms in total. The van der Waals surface area contributed by atoms with Crippen LogP contribution in [-0.2, 0) is 11.0 Å². The van der Waals surface area contributed by atoms with E-state index in [0.29, 0.717) is 21.6 Å². The first kappa shape index (κ1) is 16.3. The molecule has 0 spiro atoms. The number of carbonyl (C=O) groups excluding carboxylic acids is 1. The van der Waals surface area contributed by atoms with Crippen LogP contribution in [0.2, 0.25) is 0 Å². The van der Waals surface area contributed by atoms with Crippen LogP contribution in [0, 0.1) is 0 Å². The van der Waals surface area contributed by atoms with Gasteiger partial charge < -0.3 is 5.73 Å². The zero-order chi connectivity index (χ0) is 17.3. The number of amidine groups is 1. The maximum Gasteiger partial charge on any atom is 0.416 e. The lowest BCUT2D eigenvalue weighted by molar-refractivity contribution is -0.137. The Kier molecular flexibility index (Phi) is 4.15. The second-order valence-corrected chi connectivity index (χ2v) is 6.01. The fourth-order valence-corrected chi connectivity index (χ4v) is 2.80. The molecule has 2 N–H and O–H groups in total. The molecule has 1 aromatic carbocycles. The van der Waals surface area contributed by atoms with Crippen LogP contribution in [0.4, 0.5) is 13.2 Å². The van der Waals surface area contributed by atoms with Crippen molar-refractivity contribution in [1.82, 2.24) is 4.98 Å². The van der Waals surface area contributed by atoms with Crippen molar-refractivity contribution in [2.45, 2.75) is 6.18 Å². The number of nitrogens with zero attached hydrogens (tertiary/aromatic N) is 2. The monoisotopic (exact) mass is 349 g/mol. The summed E-state index contributed by atoms with van der Waals surface area (Å²) in [5.41, 5.74) is 6.64. The number of hydrogen-bond acceptors (Lipinski definition) is 4. The maximum atomic E-state index is 12.6. The van der Waals surface area contributed by atoms with Crippen molar-refractivity contribution < 1.29 is 18.0 Å². The Labute approximate surface area is 139 Å². The van der Waals surface area contributed by atoms with E-state index >= 15 is 0 Å². The molecule has 0 unspecified atom stereocenters. The van der Waals surface area contributed by atoms with Crippen LogP contribution in [0.5, 0.6) is 0 Å². The molecule has 0 atom stereocenters. The highest BCUT2D eigenvalue weighted by Crippen LogP contribution is 2.31. The molecule has 0 bridgehead atoms. The Hall–Kier alpha value is -2.61. The van der Waals surface area contributed by atoms with Crippen LogP contribution in [0.1, 0.15) is 11.1 Å². The first-order valence-corrected chi connectivity index (χ1v) is 7.55. The van der Waals surface area contributed by atoms with Crippen molar-refractivity contribution in [1.29, 1.82) is 0 Å². The molecule has 0 saturated heterocycles. The number of nitrogens with two attached hydrogens (primary N) is 1. The summed E-state index contributed by atoms with van der Waals surface area (Å²) < 4.78 is 37.8. The van der Waals surface area contributed by atoms with Crippen molar-refractivity contribution in [2.75, 3.05) is 0 Å². The van der Waals surface area contributed by atoms with Gasteiger partial charge in [-0.3, -0.25) is 9.78 Å². The van der Waals surface area contributed by atoms with Gasteiger partial charge in [0.2, 0.25) is 0 Å². The highest BCUT2D eigenvalue weighted by molar-refractivity contribution is 8.18. The van der Waals surface area contributed by atoms with Crippen LogP contribution >= 0.6 is 11.8 Å². The third-order valence-corrected chi connectivity index (χ3v) is 4.05. The van der Waals surface area contributed by atoms with Crippen LogP contribution in [0.3, 0.4) is 0 Å². The van der Waals surface area contributed by atoms with Gasteiger partial charge in [-0.25, -0.2) is 0 Å². The van der Waals surface area contributed by atoms with E-state index in [1.54, 1.807) is 24.5 Å². The fourth-order valence-electron chi connectivity index (χ4n) is 2.12. The third kappa shape index (κ3) is 3.48. The number of thioether (sulfide) groups is 1. The average molecular weight is 349 g/mol. The summed E-state index contributed by atoms with van der Waals surface area (Å²) in [7, 11) is 0. The quantitative estimate of drug-likeness (QED) is 0.840. The molecular formula is C16H10F3N3OS. The van der Waals surface area contributed by atoms with E-state index in [9.17, 15) is 18.0 Å². The molecule has 0 radical (unpaired) electrons. The largest absolute Gasteiger partial charge is 0.416 e. The van der Waals surface area contributed by atoms with E-state index in [-0.39, 0.29) is 5.17 Å². The summed E-state index contributed by atoms with van der Waals surface area (Å²) in [6.07, 6.45) is 0.308. The van der Waals surface area contributed by atoms with Gasteiger partial charge in [0.05, 0.1) is 10.5 Å². The standard InChI is InChI=1S/C16H10F3N3OS/c17-16(18,19)12-3-1-10(2-4-12)11-5-9(7-21-8-11)6-13-14(23)22-15(20)24-13/h1-8H,(H2,20,22,23)/b13-6-. The maximum absolute atomic E-state index is 12.6. The van der Waals surface area contributed by atoms with Crippen LogP contribution in [0.15, 0.2) is 52.6 Å². The molecule has 1 aromatic heterocycles. The number of rotatable bonds is 2. The number of aliphatic imine (C=N–C) groups is 1. The van der Waals surface area contributed by atoms with Crippen molar-refractivity contribution >= 4 is 28.9 Å². The first-order valence-electron chi connectivity index (χ1n) is 6.74. The molecule has 24 heavy (non-hydrogen) atoms. The second kappa shape index (κ2) is 6.12. The highest BCUT2D eigenvalue weighted by atomic mass is 32.2. The van der Waals surface area contributed by atoms with E-state index in [2.05, 4.69) is 9.98 Å². The Bertz CT molecular complexity index is 858. The van der Waals surface area contributed by atoms with Gasteiger partial charge in [-0.2, -0.15) is 18.2 Å². The van der Waals surface area contributed by atoms with Crippen molar-refractivity contribution in [3.8, 4) is 11.1 Å². The number of aromatic nitrogens is 1. The molecule has 0 aliphatic carbocycles. The summed E-state index contributed by atoms with van der Waals surface area (Å²) in [5, 5.41) is 0.179. The summed E-state index contributed by atoms with van der Waals surface area (Å²) >= 11 is 1.06. The van der Waals surface area contributed by atoms with Gasteiger partial charge in [-0.15, -0.1) is 0 Å². The number of amides is 1. The minimum absolute atomic E-state index is 0.179.